The Labute approximate surface area is 89.2 Å². The zero-order valence-electron chi connectivity index (χ0n) is 9.14. The highest BCUT2D eigenvalue weighted by Crippen LogP contribution is 2.37. The van der Waals surface area contributed by atoms with Crippen LogP contribution < -0.4 is 10.5 Å². The van der Waals surface area contributed by atoms with Crippen molar-refractivity contribution in [2.24, 2.45) is 5.73 Å². The van der Waals surface area contributed by atoms with E-state index in [4.69, 9.17) is 10.5 Å². The predicted molar refractivity (Wildman–Crippen MR) is 57.5 cm³/mol. The fourth-order valence-corrected chi connectivity index (χ4v) is 1.80. The lowest BCUT2D eigenvalue weighted by Crippen LogP contribution is -2.25. The van der Waals surface area contributed by atoms with Crippen molar-refractivity contribution in [3.63, 3.8) is 0 Å². The van der Waals surface area contributed by atoms with Crippen LogP contribution in [0.5, 0.6) is 5.75 Å². The van der Waals surface area contributed by atoms with Crippen LogP contribution >= 0.6 is 0 Å². The first-order valence-electron chi connectivity index (χ1n) is 5.16. The van der Waals surface area contributed by atoms with Gasteiger partial charge in [0.15, 0.2) is 11.6 Å². The number of halogens is 1. The van der Waals surface area contributed by atoms with Crippen molar-refractivity contribution in [3.8, 4) is 5.75 Å². The van der Waals surface area contributed by atoms with Gasteiger partial charge in [-0.2, -0.15) is 0 Å². The molecule has 0 bridgehead atoms. The highest BCUT2D eigenvalue weighted by Gasteiger charge is 2.38. The molecule has 1 aliphatic rings. The van der Waals surface area contributed by atoms with Gasteiger partial charge in [-0.15, -0.1) is 0 Å². The predicted octanol–water partition coefficient (Wildman–Crippen LogP) is 2.18. The van der Waals surface area contributed by atoms with Crippen molar-refractivity contribution in [1.82, 2.24) is 0 Å². The first-order chi connectivity index (χ1) is 7.04. The lowest BCUT2D eigenvalue weighted by molar-refractivity contribution is 0.382. The van der Waals surface area contributed by atoms with Crippen LogP contribution in [0.1, 0.15) is 24.0 Å². The van der Waals surface area contributed by atoms with Gasteiger partial charge in [0.25, 0.3) is 0 Å². The minimum Gasteiger partial charge on any atom is -0.494 e. The average molecular weight is 209 g/mol. The second kappa shape index (κ2) is 3.49. The Hall–Kier alpha value is -1.09. The van der Waals surface area contributed by atoms with E-state index in [1.54, 1.807) is 6.07 Å². The lowest BCUT2D eigenvalue weighted by Gasteiger charge is -2.12. The van der Waals surface area contributed by atoms with E-state index >= 15 is 0 Å². The monoisotopic (exact) mass is 209 g/mol. The number of methoxy groups -OCH3 is 1. The Morgan fingerprint density at radius 2 is 2.13 bits per heavy atom. The van der Waals surface area contributed by atoms with E-state index in [9.17, 15) is 4.39 Å². The molecule has 82 valence electrons. The number of hydrogen-bond acceptors (Lipinski definition) is 2. The molecule has 1 aromatic carbocycles. The molecule has 1 saturated carbocycles. The van der Waals surface area contributed by atoms with Crippen LogP contribution in [0.25, 0.3) is 0 Å². The van der Waals surface area contributed by atoms with Crippen molar-refractivity contribution in [3.05, 3.63) is 29.1 Å². The Balaban J connectivity index is 2.32. The summed E-state index contributed by atoms with van der Waals surface area (Å²) < 4.78 is 18.8. The standard InChI is InChI=1S/C12H16FNO/c1-8-5-9(7-12(14)3-4-12)11(13)10(6-8)15-2/h5-6H,3-4,7,14H2,1-2H3. The third-order valence-corrected chi connectivity index (χ3v) is 2.91. The molecule has 2 N–H and O–H groups in total. The van der Waals surface area contributed by atoms with Crippen LogP contribution in [0, 0.1) is 12.7 Å². The van der Waals surface area contributed by atoms with Crippen molar-refractivity contribution in [1.29, 1.82) is 0 Å². The van der Waals surface area contributed by atoms with E-state index in [2.05, 4.69) is 0 Å². The van der Waals surface area contributed by atoms with Gasteiger partial charge in [-0.1, -0.05) is 6.07 Å². The topological polar surface area (TPSA) is 35.2 Å². The van der Waals surface area contributed by atoms with Gasteiger partial charge in [0, 0.05) is 5.54 Å². The summed E-state index contributed by atoms with van der Waals surface area (Å²) in [5.41, 5.74) is 7.49. The van der Waals surface area contributed by atoms with E-state index in [0.717, 1.165) is 18.4 Å². The van der Waals surface area contributed by atoms with Crippen molar-refractivity contribution >= 4 is 0 Å². The Morgan fingerprint density at radius 3 is 2.67 bits per heavy atom. The summed E-state index contributed by atoms with van der Waals surface area (Å²) in [6.07, 6.45) is 2.59. The number of hydrogen-bond donors (Lipinski definition) is 1. The van der Waals surface area contributed by atoms with Crippen LogP contribution in [-0.4, -0.2) is 12.6 Å². The molecule has 0 spiro atoms. The van der Waals surface area contributed by atoms with E-state index in [-0.39, 0.29) is 11.4 Å². The molecule has 1 fully saturated rings. The van der Waals surface area contributed by atoms with Gasteiger partial charge in [0.05, 0.1) is 7.11 Å². The summed E-state index contributed by atoms with van der Waals surface area (Å²) >= 11 is 0. The summed E-state index contributed by atoms with van der Waals surface area (Å²) in [4.78, 5) is 0. The van der Waals surface area contributed by atoms with Gasteiger partial charge in [-0.3, -0.25) is 0 Å². The molecule has 2 nitrogen and oxygen atoms in total. The fourth-order valence-electron chi connectivity index (χ4n) is 1.80. The number of ether oxygens (including phenoxy) is 1. The molecule has 1 aliphatic carbocycles. The molecule has 0 atom stereocenters. The molecule has 0 radical (unpaired) electrons. The number of aryl methyl sites for hydroxylation is 1. The lowest BCUT2D eigenvalue weighted by atomic mass is 10.0. The molecule has 0 aromatic heterocycles. The Kier molecular flexibility index (Phi) is 2.43. The Morgan fingerprint density at radius 1 is 1.47 bits per heavy atom. The van der Waals surface area contributed by atoms with Gasteiger partial charge in [-0.05, 0) is 43.4 Å². The van der Waals surface area contributed by atoms with Gasteiger partial charge in [0.2, 0.25) is 0 Å². The second-order valence-electron chi connectivity index (χ2n) is 4.48. The van der Waals surface area contributed by atoms with E-state index in [1.807, 2.05) is 13.0 Å². The molecule has 1 aromatic rings. The summed E-state index contributed by atoms with van der Waals surface area (Å²) in [6.45, 7) is 1.93. The Bertz CT molecular complexity index is 385. The first-order valence-corrected chi connectivity index (χ1v) is 5.16. The molecule has 15 heavy (non-hydrogen) atoms. The average Bonchev–Trinajstić information content (AvgIpc) is 2.89. The molecular weight excluding hydrogens is 193 g/mol. The maximum atomic E-state index is 13.8. The van der Waals surface area contributed by atoms with Crippen molar-refractivity contribution in [2.45, 2.75) is 31.7 Å². The highest BCUT2D eigenvalue weighted by molar-refractivity contribution is 5.37. The van der Waals surface area contributed by atoms with Crippen LogP contribution in [0.4, 0.5) is 4.39 Å². The summed E-state index contributed by atoms with van der Waals surface area (Å²) in [5.74, 6) is 0.0501. The SMILES string of the molecule is COc1cc(C)cc(CC2(N)CC2)c1F. The molecule has 0 heterocycles. The van der Waals surface area contributed by atoms with Gasteiger partial charge in [0.1, 0.15) is 0 Å². The number of benzene rings is 1. The third-order valence-electron chi connectivity index (χ3n) is 2.91. The molecule has 3 heteroatoms. The first kappa shape index (κ1) is 10.4. The molecule has 0 saturated heterocycles. The third kappa shape index (κ3) is 2.12. The van der Waals surface area contributed by atoms with Crippen LogP contribution in [-0.2, 0) is 6.42 Å². The van der Waals surface area contributed by atoms with Gasteiger partial charge in [-0.25, -0.2) is 4.39 Å². The molecule has 0 unspecified atom stereocenters. The summed E-state index contributed by atoms with van der Waals surface area (Å²) in [6, 6.07) is 3.56. The second-order valence-corrected chi connectivity index (χ2v) is 4.48. The van der Waals surface area contributed by atoms with Crippen LogP contribution in [0.3, 0.4) is 0 Å². The maximum Gasteiger partial charge on any atom is 0.168 e. The maximum absolute atomic E-state index is 13.8. The molecule has 0 amide bonds. The minimum atomic E-state index is -0.264. The normalized spacial score (nSPS) is 17.6. The quantitative estimate of drug-likeness (QED) is 0.828. The van der Waals surface area contributed by atoms with Gasteiger partial charge < -0.3 is 10.5 Å². The molecule has 0 aliphatic heterocycles. The van der Waals surface area contributed by atoms with E-state index in [1.165, 1.54) is 7.11 Å². The highest BCUT2D eigenvalue weighted by atomic mass is 19.1. The molecular formula is C12H16FNO. The van der Waals surface area contributed by atoms with Crippen LogP contribution in [0.2, 0.25) is 0 Å². The minimum absolute atomic E-state index is 0.167. The van der Waals surface area contributed by atoms with Crippen molar-refractivity contribution < 1.29 is 9.13 Å². The van der Waals surface area contributed by atoms with E-state index < -0.39 is 0 Å². The molecule has 2 rings (SSSR count). The largest absolute Gasteiger partial charge is 0.494 e. The van der Waals surface area contributed by atoms with Gasteiger partial charge >= 0.3 is 0 Å². The summed E-state index contributed by atoms with van der Waals surface area (Å²) in [7, 11) is 1.48. The zero-order valence-corrected chi connectivity index (χ0v) is 9.14. The number of rotatable bonds is 3. The summed E-state index contributed by atoms with van der Waals surface area (Å²) in [5, 5.41) is 0. The smallest absolute Gasteiger partial charge is 0.168 e. The number of nitrogens with two attached hydrogens (primary N) is 1. The van der Waals surface area contributed by atoms with E-state index in [0.29, 0.717) is 17.7 Å². The van der Waals surface area contributed by atoms with Crippen LogP contribution in [0.15, 0.2) is 12.1 Å². The zero-order chi connectivity index (χ0) is 11.1. The van der Waals surface area contributed by atoms with Crippen molar-refractivity contribution in [2.75, 3.05) is 7.11 Å². The fraction of sp³-hybridized carbons (Fsp3) is 0.500.